The Kier molecular flexibility index (Phi) is 7.53. The van der Waals surface area contributed by atoms with E-state index >= 15 is 4.39 Å². The summed E-state index contributed by atoms with van der Waals surface area (Å²) in [5.74, 6) is -2.36. The first-order chi connectivity index (χ1) is 20.9. The summed E-state index contributed by atoms with van der Waals surface area (Å²) in [5, 5.41) is 20.0. The number of fused-ring (bicyclic) bond motifs is 3. The molecule has 2 aliphatic heterocycles. The molecular weight excluding hydrogens is 632 g/mol. The van der Waals surface area contributed by atoms with Crippen molar-refractivity contribution in [3.05, 3.63) is 41.0 Å². The summed E-state index contributed by atoms with van der Waals surface area (Å²) in [7, 11) is 0. The number of nitrogens with one attached hydrogen (secondary N) is 1. The summed E-state index contributed by atoms with van der Waals surface area (Å²) in [6.07, 6.45) is -4.44. The molecule has 0 bridgehead atoms. The Balaban J connectivity index is 1.56. The van der Waals surface area contributed by atoms with Gasteiger partial charge in [0.15, 0.2) is 5.82 Å². The van der Waals surface area contributed by atoms with Crippen molar-refractivity contribution < 1.29 is 41.0 Å². The first kappa shape index (κ1) is 30.2. The van der Waals surface area contributed by atoms with Crippen molar-refractivity contribution in [2.45, 2.75) is 42.2 Å². The standard InChI is InChI=1S/C28H21F6N5O3S2/c1-43-23-14-7-16(28(32,33)34)19(13-3-4-17(30)22-18(13)15(9-35)24(44-22)38-26(40)41)20(31)21(14)36-25(37-23)42-11-27-5-2-6-39(27)10-12(29)8-27/h3-4,7,12,38H,2,5-6,8,10-11H2,1H3,(H,40,41)/t12-,27+/m1/s1. The van der Waals surface area contributed by atoms with Crippen LogP contribution in [0.15, 0.2) is 23.2 Å². The molecule has 2 saturated heterocycles. The number of aromatic nitrogens is 2. The van der Waals surface area contributed by atoms with Gasteiger partial charge in [-0.15, -0.1) is 23.1 Å². The first-order valence-corrected chi connectivity index (χ1v) is 15.2. The number of thiophene rings is 1. The molecule has 0 saturated carbocycles. The minimum atomic E-state index is -5.11. The Morgan fingerprint density at radius 3 is 2.80 bits per heavy atom. The maximum absolute atomic E-state index is 16.5. The molecule has 16 heteroatoms. The number of hydrogen-bond donors (Lipinski definition) is 2. The molecule has 2 aromatic carbocycles. The number of alkyl halides is 4. The number of amides is 1. The molecule has 2 N–H and O–H groups in total. The van der Waals surface area contributed by atoms with E-state index in [1.54, 1.807) is 6.07 Å². The van der Waals surface area contributed by atoms with Gasteiger partial charge in [-0.3, -0.25) is 10.2 Å². The summed E-state index contributed by atoms with van der Waals surface area (Å²) in [5.41, 5.74) is -4.46. The Morgan fingerprint density at radius 2 is 2.11 bits per heavy atom. The number of halogens is 6. The molecule has 0 aliphatic carbocycles. The van der Waals surface area contributed by atoms with Crippen molar-refractivity contribution in [1.29, 1.82) is 5.26 Å². The van der Waals surface area contributed by atoms with Crippen molar-refractivity contribution in [3.8, 4) is 23.2 Å². The van der Waals surface area contributed by atoms with Crippen LogP contribution in [0.3, 0.4) is 0 Å². The lowest BCUT2D eigenvalue weighted by molar-refractivity contribution is -0.137. The molecule has 2 atom stereocenters. The number of benzene rings is 2. The predicted octanol–water partition coefficient (Wildman–Crippen LogP) is 7.45. The molecule has 2 aromatic heterocycles. The molecule has 2 fully saturated rings. The fraction of sp³-hybridized carbons (Fsp3) is 0.357. The van der Waals surface area contributed by atoms with Crippen LogP contribution in [0.5, 0.6) is 6.01 Å². The van der Waals surface area contributed by atoms with Gasteiger partial charge in [0.2, 0.25) is 0 Å². The van der Waals surface area contributed by atoms with Crippen molar-refractivity contribution >= 4 is 55.2 Å². The summed E-state index contributed by atoms with van der Waals surface area (Å²) >= 11 is 1.44. The Morgan fingerprint density at radius 1 is 1.34 bits per heavy atom. The predicted molar refractivity (Wildman–Crippen MR) is 152 cm³/mol. The molecule has 0 unspecified atom stereocenters. The van der Waals surface area contributed by atoms with Gasteiger partial charge in [0, 0.05) is 29.3 Å². The summed E-state index contributed by atoms with van der Waals surface area (Å²) in [4.78, 5) is 21.6. The zero-order chi connectivity index (χ0) is 31.6. The smallest absolute Gasteiger partial charge is 0.417 e. The second kappa shape index (κ2) is 11.0. The number of nitriles is 1. The van der Waals surface area contributed by atoms with Crippen molar-refractivity contribution in [2.24, 2.45) is 0 Å². The number of thioether (sulfide) groups is 1. The van der Waals surface area contributed by atoms with Gasteiger partial charge in [0.1, 0.15) is 40.2 Å². The van der Waals surface area contributed by atoms with Crippen LogP contribution in [0.25, 0.3) is 32.1 Å². The minimum Gasteiger partial charge on any atom is -0.465 e. The van der Waals surface area contributed by atoms with Crippen molar-refractivity contribution in [3.63, 3.8) is 0 Å². The highest BCUT2D eigenvalue weighted by atomic mass is 32.2. The molecule has 4 heterocycles. The van der Waals surface area contributed by atoms with E-state index in [0.717, 1.165) is 30.3 Å². The highest BCUT2D eigenvalue weighted by Crippen LogP contribution is 2.48. The van der Waals surface area contributed by atoms with Crippen LogP contribution in [0.1, 0.15) is 30.4 Å². The molecule has 230 valence electrons. The molecule has 6 rings (SSSR count). The van der Waals surface area contributed by atoms with Crippen LogP contribution in [0.4, 0.5) is 36.1 Å². The Labute approximate surface area is 253 Å². The molecule has 44 heavy (non-hydrogen) atoms. The quantitative estimate of drug-likeness (QED) is 0.125. The summed E-state index contributed by atoms with van der Waals surface area (Å²) < 4.78 is 94.8. The number of carboxylic acid groups (broad SMARTS) is 1. The molecule has 0 radical (unpaired) electrons. The van der Waals surface area contributed by atoms with Gasteiger partial charge in [-0.1, -0.05) is 6.07 Å². The lowest BCUT2D eigenvalue weighted by Crippen LogP contribution is -2.43. The summed E-state index contributed by atoms with van der Waals surface area (Å²) in [6.45, 7) is 0.958. The Hall–Kier alpha value is -3.81. The number of nitrogens with zero attached hydrogens (tertiary/aromatic N) is 4. The molecular formula is C28H21F6N5O3S2. The van der Waals surface area contributed by atoms with Crippen LogP contribution < -0.4 is 10.1 Å². The van der Waals surface area contributed by atoms with Gasteiger partial charge >= 0.3 is 18.3 Å². The molecule has 8 nitrogen and oxygen atoms in total. The monoisotopic (exact) mass is 653 g/mol. The third-order valence-corrected chi connectivity index (χ3v) is 9.81. The second-order valence-electron chi connectivity index (χ2n) is 10.5. The minimum absolute atomic E-state index is 0.000228. The zero-order valence-electron chi connectivity index (χ0n) is 22.7. The van der Waals surface area contributed by atoms with Crippen LogP contribution in [-0.4, -0.2) is 63.7 Å². The SMILES string of the molecule is CSc1nc(OC[C@@]23CCCN2C[C@H](F)C3)nc2c(F)c(-c3ccc(F)c4sc(NC(=O)O)c(C#N)c34)c(C(F)(F)F)cc12. The van der Waals surface area contributed by atoms with Gasteiger partial charge < -0.3 is 9.84 Å². The third-order valence-electron chi connectivity index (χ3n) is 8.00. The van der Waals surface area contributed by atoms with E-state index in [-0.39, 0.29) is 51.1 Å². The maximum Gasteiger partial charge on any atom is 0.417 e. The topological polar surface area (TPSA) is 111 Å². The van der Waals surface area contributed by atoms with E-state index < -0.39 is 63.4 Å². The van der Waals surface area contributed by atoms with E-state index in [0.29, 0.717) is 30.4 Å². The fourth-order valence-electron chi connectivity index (χ4n) is 6.21. The fourth-order valence-corrected chi connectivity index (χ4v) is 7.82. The largest absolute Gasteiger partial charge is 0.465 e. The van der Waals surface area contributed by atoms with Gasteiger partial charge in [-0.2, -0.15) is 28.4 Å². The Bertz CT molecular complexity index is 1880. The first-order valence-electron chi connectivity index (χ1n) is 13.2. The van der Waals surface area contributed by atoms with Crippen LogP contribution in [0, 0.1) is 23.0 Å². The number of rotatable bonds is 6. The van der Waals surface area contributed by atoms with Gasteiger partial charge in [0.25, 0.3) is 0 Å². The zero-order valence-corrected chi connectivity index (χ0v) is 24.3. The highest BCUT2D eigenvalue weighted by Gasteiger charge is 2.49. The molecule has 4 aromatic rings. The van der Waals surface area contributed by atoms with Crippen LogP contribution >= 0.6 is 23.1 Å². The average Bonchev–Trinajstić information content (AvgIpc) is 3.61. The van der Waals surface area contributed by atoms with Gasteiger partial charge in [-0.05, 0) is 43.3 Å². The van der Waals surface area contributed by atoms with Crippen molar-refractivity contribution in [1.82, 2.24) is 14.9 Å². The lowest BCUT2D eigenvalue weighted by atomic mass is 9.92. The number of hydrogen-bond acceptors (Lipinski definition) is 8. The van der Waals surface area contributed by atoms with E-state index in [9.17, 15) is 32.0 Å². The van der Waals surface area contributed by atoms with E-state index in [2.05, 4.69) is 9.97 Å². The molecule has 1 amide bonds. The van der Waals surface area contributed by atoms with E-state index in [4.69, 9.17) is 9.84 Å². The number of anilines is 1. The van der Waals surface area contributed by atoms with Crippen LogP contribution in [0.2, 0.25) is 0 Å². The van der Waals surface area contributed by atoms with Gasteiger partial charge in [-0.25, -0.2) is 18.0 Å². The van der Waals surface area contributed by atoms with E-state index in [1.165, 1.54) is 6.26 Å². The number of carbonyl (C=O) groups is 1. The average molecular weight is 654 g/mol. The molecule has 0 spiro atoms. The van der Waals surface area contributed by atoms with Gasteiger partial charge in [0.05, 0.1) is 21.4 Å². The van der Waals surface area contributed by atoms with Crippen LogP contribution in [-0.2, 0) is 6.18 Å². The number of ether oxygens (including phenoxy) is 1. The normalized spacial score (nSPS) is 20.3. The lowest BCUT2D eigenvalue weighted by Gasteiger charge is -2.30. The highest BCUT2D eigenvalue weighted by molar-refractivity contribution is 7.98. The third kappa shape index (κ3) is 4.96. The van der Waals surface area contributed by atoms with E-state index in [1.807, 2.05) is 10.2 Å². The van der Waals surface area contributed by atoms with Crippen molar-refractivity contribution in [2.75, 3.05) is 31.3 Å². The summed E-state index contributed by atoms with van der Waals surface area (Å²) in [6, 6.07) is 3.81. The second-order valence-corrected chi connectivity index (χ2v) is 12.3. The molecule has 2 aliphatic rings. The maximum atomic E-state index is 16.5.